The van der Waals surface area contributed by atoms with Crippen molar-refractivity contribution in [3.63, 3.8) is 0 Å². The van der Waals surface area contributed by atoms with Gasteiger partial charge < -0.3 is 10.0 Å². The van der Waals surface area contributed by atoms with E-state index in [9.17, 15) is 22.4 Å². The van der Waals surface area contributed by atoms with E-state index in [0.29, 0.717) is 30.4 Å². The highest BCUT2D eigenvalue weighted by Gasteiger charge is 2.33. The molecule has 0 spiro atoms. The van der Waals surface area contributed by atoms with Crippen molar-refractivity contribution in [3.05, 3.63) is 53.8 Å². The second-order valence-electron chi connectivity index (χ2n) is 5.72. The molecule has 0 bridgehead atoms. The molecule has 1 aliphatic rings. The second kappa shape index (κ2) is 5.81. The van der Waals surface area contributed by atoms with Gasteiger partial charge in [0.05, 0.1) is 11.5 Å². The van der Waals surface area contributed by atoms with Crippen molar-refractivity contribution in [2.75, 3.05) is 18.0 Å². The van der Waals surface area contributed by atoms with Gasteiger partial charge in [-0.25, -0.2) is 4.39 Å². The Bertz CT molecular complexity index is 782. The number of hydrogen-bond donors (Lipinski definition) is 1. The minimum Gasteiger partial charge on any atom is -0.481 e. The summed E-state index contributed by atoms with van der Waals surface area (Å²) in [6.07, 6.45) is -4.62. The maximum atomic E-state index is 13.5. The van der Waals surface area contributed by atoms with Crippen molar-refractivity contribution in [2.45, 2.75) is 6.18 Å². The molecule has 0 aromatic heterocycles. The fourth-order valence-corrected chi connectivity index (χ4v) is 2.65. The lowest BCUT2D eigenvalue weighted by Crippen LogP contribution is -2.50. The highest BCUT2D eigenvalue weighted by molar-refractivity contribution is 5.76. The highest BCUT2D eigenvalue weighted by Crippen LogP contribution is 2.34. The zero-order valence-electron chi connectivity index (χ0n) is 12.3. The zero-order valence-corrected chi connectivity index (χ0v) is 12.3. The summed E-state index contributed by atoms with van der Waals surface area (Å²) in [6.45, 7) is 0.686. The van der Waals surface area contributed by atoms with Crippen molar-refractivity contribution < 1.29 is 27.5 Å². The Hall–Kier alpha value is -2.57. The summed E-state index contributed by atoms with van der Waals surface area (Å²) in [5, 5.41) is 8.89. The van der Waals surface area contributed by atoms with E-state index < -0.39 is 29.4 Å². The molecule has 1 N–H and O–H groups in total. The summed E-state index contributed by atoms with van der Waals surface area (Å²) in [6, 6.07) is 9.02. The number of carboxylic acid groups (broad SMARTS) is 1. The lowest BCUT2D eigenvalue weighted by atomic mass is 9.97. The van der Waals surface area contributed by atoms with Crippen molar-refractivity contribution in [2.24, 2.45) is 5.92 Å². The van der Waals surface area contributed by atoms with Gasteiger partial charge in [0.1, 0.15) is 5.82 Å². The first-order chi connectivity index (χ1) is 11.2. The summed E-state index contributed by atoms with van der Waals surface area (Å²) in [4.78, 5) is 12.7. The Morgan fingerprint density at radius 3 is 2.42 bits per heavy atom. The van der Waals surface area contributed by atoms with Gasteiger partial charge in [-0.3, -0.25) is 4.79 Å². The molecule has 1 saturated heterocycles. The average Bonchev–Trinajstić information content (AvgIpc) is 2.44. The molecule has 7 heteroatoms. The maximum Gasteiger partial charge on any atom is 0.416 e. The average molecular weight is 339 g/mol. The van der Waals surface area contributed by atoms with Gasteiger partial charge >= 0.3 is 12.1 Å². The molecule has 2 aromatic carbocycles. The summed E-state index contributed by atoms with van der Waals surface area (Å²) < 4.78 is 52.0. The molecule has 1 fully saturated rings. The van der Waals surface area contributed by atoms with Crippen LogP contribution in [0, 0.1) is 11.7 Å². The Morgan fingerprint density at radius 2 is 1.79 bits per heavy atom. The maximum absolute atomic E-state index is 13.5. The molecule has 0 atom stereocenters. The normalized spacial score (nSPS) is 15.2. The number of halogens is 4. The first kappa shape index (κ1) is 16.3. The van der Waals surface area contributed by atoms with Crippen LogP contribution in [0.15, 0.2) is 42.5 Å². The zero-order chi connectivity index (χ0) is 17.5. The van der Waals surface area contributed by atoms with Crippen LogP contribution in [0.4, 0.5) is 23.2 Å². The van der Waals surface area contributed by atoms with Gasteiger partial charge in [0.2, 0.25) is 0 Å². The number of carbonyl (C=O) groups is 1. The summed E-state index contributed by atoms with van der Waals surface area (Å²) >= 11 is 0. The fraction of sp³-hybridized carbons (Fsp3) is 0.235. The molecule has 24 heavy (non-hydrogen) atoms. The van der Waals surface area contributed by atoms with Crippen LogP contribution in [0.1, 0.15) is 5.56 Å². The second-order valence-corrected chi connectivity index (χ2v) is 5.72. The fourth-order valence-electron chi connectivity index (χ4n) is 2.65. The first-order valence-corrected chi connectivity index (χ1v) is 7.20. The topological polar surface area (TPSA) is 40.5 Å². The Morgan fingerprint density at radius 1 is 1.08 bits per heavy atom. The monoisotopic (exact) mass is 339 g/mol. The number of benzene rings is 2. The quantitative estimate of drug-likeness (QED) is 0.859. The summed E-state index contributed by atoms with van der Waals surface area (Å²) in [5.74, 6) is -2.28. The molecule has 0 unspecified atom stereocenters. The van der Waals surface area contributed by atoms with E-state index in [2.05, 4.69) is 0 Å². The van der Waals surface area contributed by atoms with Crippen molar-refractivity contribution in [1.82, 2.24) is 0 Å². The van der Waals surface area contributed by atoms with Gasteiger partial charge in [0.15, 0.2) is 0 Å². The molecule has 0 saturated carbocycles. The van der Waals surface area contributed by atoms with Crippen LogP contribution in [0.2, 0.25) is 0 Å². The van der Waals surface area contributed by atoms with Crippen LogP contribution in [-0.2, 0) is 11.0 Å². The number of carboxylic acids is 1. The number of nitrogens with zero attached hydrogens (tertiary/aromatic N) is 1. The predicted molar refractivity (Wildman–Crippen MR) is 80.2 cm³/mol. The van der Waals surface area contributed by atoms with Gasteiger partial charge in [0.25, 0.3) is 0 Å². The van der Waals surface area contributed by atoms with Gasteiger partial charge in [0, 0.05) is 18.8 Å². The Balaban J connectivity index is 1.90. The van der Waals surface area contributed by atoms with E-state index in [0.717, 1.165) is 12.1 Å². The van der Waals surface area contributed by atoms with E-state index in [1.807, 2.05) is 4.90 Å². The van der Waals surface area contributed by atoms with E-state index in [1.54, 1.807) is 24.3 Å². The SMILES string of the molecule is O=C(O)C1CN(c2cccc(-c3cc(F)cc(C(F)(F)F)c3)c2)C1. The van der Waals surface area contributed by atoms with Crippen LogP contribution in [0.3, 0.4) is 0 Å². The molecular formula is C17H13F4NO2. The predicted octanol–water partition coefficient (Wildman–Crippen LogP) is 4.03. The number of anilines is 1. The van der Waals surface area contributed by atoms with Gasteiger partial charge in [-0.05, 0) is 41.5 Å². The van der Waals surface area contributed by atoms with Crippen LogP contribution in [0.5, 0.6) is 0 Å². The minimum absolute atomic E-state index is 0.125. The van der Waals surface area contributed by atoms with E-state index in [-0.39, 0.29) is 5.56 Å². The van der Waals surface area contributed by atoms with E-state index >= 15 is 0 Å². The standard InChI is InChI=1S/C17H13F4NO2/c18-14-5-11(4-13(7-14)17(19,20)21)10-2-1-3-15(6-10)22-8-12(9-22)16(23)24/h1-7,12H,8-9H2,(H,23,24). The summed E-state index contributed by atoms with van der Waals surface area (Å²) in [7, 11) is 0. The van der Waals surface area contributed by atoms with Crippen LogP contribution >= 0.6 is 0 Å². The third-order valence-electron chi connectivity index (χ3n) is 4.00. The van der Waals surface area contributed by atoms with Gasteiger partial charge in [-0.15, -0.1) is 0 Å². The molecule has 3 nitrogen and oxygen atoms in total. The third kappa shape index (κ3) is 3.20. The van der Waals surface area contributed by atoms with E-state index in [4.69, 9.17) is 5.11 Å². The number of hydrogen-bond acceptors (Lipinski definition) is 2. The third-order valence-corrected chi connectivity index (χ3v) is 4.00. The van der Waals surface area contributed by atoms with Crippen molar-refractivity contribution in [1.29, 1.82) is 0 Å². The number of aliphatic carboxylic acids is 1. The largest absolute Gasteiger partial charge is 0.481 e. The molecule has 0 aliphatic carbocycles. The minimum atomic E-state index is -4.62. The number of alkyl halides is 3. The van der Waals surface area contributed by atoms with Crippen molar-refractivity contribution in [3.8, 4) is 11.1 Å². The first-order valence-electron chi connectivity index (χ1n) is 7.20. The molecule has 2 aromatic rings. The molecule has 0 amide bonds. The molecule has 0 radical (unpaired) electrons. The van der Waals surface area contributed by atoms with Crippen molar-refractivity contribution >= 4 is 11.7 Å². The lowest BCUT2D eigenvalue weighted by Gasteiger charge is -2.38. The van der Waals surface area contributed by atoms with Gasteiger partial charge in [-0.1, -0.05) is 12.1 Å². The lowest BCUT2D eigenvalue weighted by molar-refractivity contribution is -0.142. The highest BCUT2D eigenvalue weighted by atomic mass is 19.4. The smallest absolute Gasteiger partial charge is 0.416 e. The van der Waals surface area contributed by atoms with E-state index in [1.165, 1.54) is 0 Å². The molecule has 1 aliphatic heterocycles. The molecule has 1 heterocycles. The molecule has 126 valence electrons. The number of rotatable bonds is 3. The van der Waals surface area contributed by atoms with Gasteiger partial charge in [-0.2, -0.15) is 13.2 Å². The Labute approximate surface area is 135 Å². The van der Waals surface area contributed by atoms with Crippen LogP contribution in [-0.4, -0.2) is 24.2 Å². The van der Waals surface area contributed by atoms with Crippen LogP contribution in [0.25, 0.3) is 11.1 Å². The summed E-state index contributed by atoms with van der Waals surface area (Å²) in [5.41, 5.74) is 0.219. The molecule has 3 rings (SSSR count). The van der Waals surface area contributed by atoms with Crippen LogP contribution < -0.4 is 4.90 Å². The molecular weight excluding hydrogens is 326 g/mol. The Kier molecular flexibility index (Phi) is 3.95.